The van der Waals surface area contributed by atoms with Crippen molar-refractivity contribution in [2.75, 3.05) is 50.0 Å². The minimum absolute atomic E-state index is 0.302. The first-order valence-electron chi connectivity index (χ1n) is 11.7. The zero-order chi connectivity index (χ0) is 24.5. The van der Waals surface area contributed by atoms with Gasteiger partial charge < -0.3 is 25.6 Å². The van der Waals surface area contributed by atoms with Gasteiger partial charge in [-0.1, -0.05) is 12.1 Å². The van der Waals surface area contributed by atoms with Crippen molar-refractivity contribution in [3.05, 3.63) is 24.3 Å². The zero-order valence-electron chi connectivity index (χ0n) is 20.5. The molecule has 1 atom stereocenters. The van der Waals surface area contributed by atoms with Gasteiger partial charge in [0.1, 0.15) is 11.9 Å². The Labute approximate surface area is 205 Å². The lowest BCUT2D eigenvalue weighted by atomic mass is 9.86. The van der Waals surface area contributed by atoms with Crippen molar-refractivity contribution in [3.8, 4) is 0 Å². The third-order valence-corrected chi connectivity index (χ3v) is 6.78. The second-order valence-electron chi connectivity index (χ2n) is 8.86. The van der Waals surface area contributed by atoms with E-state index in [1.807, 2.05) is 49.5 Å². The topological polar surface area (TPSA) is 108 Å². The van der Waals surface area contributed by atoms with Crippen LogP contribution in [0.4, 0.5) is 16.6 Å². The quantitative estimate of drug-likeness (QED) is 0.438. The predicted octanol–water partition coefficient (Wildman–Crippen LogP) is 3.26. The van der Waals surface area contributed by atoms with Crippen LogP contribution in [-0.4, -0.2) is 73.8 Å². The Morgan fingerprint density at radius 3 is 2.59 bits per heavy atom. The Morgan fingerprint density at radius 1 is 1.18 bits per heavy atom. The summed E-state index contributed by atoms with van der Waals surface area (Å²) in [7, 11) is 5.32. The van der Waals surface area contributed by atoms with E-state index in [0.717, 1.165) is 48.2 Å². The Balaban J connectivity index is 1.47. The first kappa shape index (κ1) is 25.9. The average Bonchev–Trinajstić information content (AvgIpc) is 2.85. The van der Waals surface area contributed by atoms with Crippen molar-refractivity contribution in [1.82, 2.24) is 20.6 Å². The summed E-state index contributed by atoms with van der Waals surface area (Å²) in [4.78, 5) is 35.7. The summed E-state index contributed by atoms with van der Waals surface area (Å²) >= 11 is 1.63. The molecule has 34 heavy (non-hydrogen) atoms. The highest BCUT2D eigenvalue weighted by Crippen LogP contribution is 2.28. The van der Waals surface area contributed by atoms with Crippen LogP contribution in [0.2, 0.25) is 0 Å². The molecule has 1 aromatic carbocycles. The van der Waals surface area contributed by atoms with Crippen molar-refractivity contribution in [1.29, 1.82) is 0 Å². The molecule has 2 amide bonds. The number of thioether (sulfide) groups is 1. The maximum absolute atomic E-state index is 12.3. The first-order chi connectivity index (χ1) is 16.4. The van der Waals surface area contributed by atoms with Crippen LogP contribution in [0.3, 0.4) is 0 Å². The van der Waals surface area contributed by atoms with Gasteiger partial charge in [-0.25, -0.2) is 14.6 Å². The second kappa shape index (κ2) is 12.6. The zero-order valence-corrected chi connectivity index (χ0v) is 21.3. The van der Waals surface area contributed by atoms with Gasteiger partial charge in [0.2, 0.25) is 5.95 Å². The molecule has 1 aliphatic rings. The largest absolute Gasteiger partial charge is 0.467 e. The number of ether oxygens (including phenoxy) is 1. The highest BCUT2D eigenvalue weighted by Gasteiger charge is 2.24. The molecule has 1 saturated carbocycles. The van der Waals surface area contributed by atoms with E-state index >= 15 is 0 Å². The smallest absolute Gasteiger partial charge is 0.328 e. The molecule has 10 heteroatoms. The van der Waals surface area contributed by atoms with Gasteiger partial charge in [0.25, 0.3) is 0 Å². The number of fused-ring (bicyclic) bond motifs is 1. The number of methoxy groups -OCH3 is 1. The minimum atomic E-state index is -0.619. The van der Waals surface area contributed by atoms with E-state index in [9.17, 15) is 9.59 Å². The molecule has 0 aliphatic heterocycles. The van der Waals surface area contributed by atoms with Crippen LogP contribution in [0.25, 0.3) is 10.9 Å². The summed E-state index contributed by atoms with van der Waals surface area (Å²) in [6.45, 7) is 0.590. The summed E-state index contributed by atoms with van der Waals surface area (Å²) in [6.07, 6.45) is 6.48. The third-order valence-electron chi connectivity index (χ3n) is 6.14. The number of aromatic nitrogens is 2. The van der Waals surface area contributed by atoms with Crippen LogP contribution in [0.5, 0.6) is 0 Å². The maximum atomic E-state index is 12.3. The van der Waals surface area contributed by atoms with E-state index in [1.165, 1.54) is 7.11 Å². The average molecular weight is 489 g/mol. The van der Waals surface area contributed by atoms with Crippen LogP contribution in [0.15, 0.2) is 24.3 Å². The molecular weight excluding hydrogens is 452 g/mol. The van der Waals surface area contributed by atoms with E-state index in [1.54, 1.807) is 11.8 Å². The Kier molecular flexibility index (Phi) is 9.62. The fraction of sp³-hybridized carbons (Fsp3) is 0.583. The van der Waals surface area contributed by atoms with Crippen LogP contribution < -0.4 is 20.9 Å². The maximum Gasteiger partial charge on any atom is 0.328 e. The van der Waals surface area contributed by atoms with Gasteiger partial charge in [0.05, 0.1) is 12.6 Å². The van der Waals surface area contributed by atoms with E-state index in [2.05, 4.69) is 16.0 Å². The molecule has 0 spiro atoms. The number of nitrogens with one attached hydrogen (secondary N) is 3. The molecule has 1 aromatic heterocycles. The summed E-state index contributed by atoms with van der Waals surface area (Å²) in [6, 6.07) is 7.40. The number of hydrogen-bond donors (Lipinski definition) is 3. The first-order valence-corrected chi connectivity index (χ1v) is 13.1. The van der Waals surface area contributed by atoms with Crippen LogP contribution in [-0.2, 0) is 9.53 Å². The summed E-state index contributed by atoms with van der Waals surface area (Å²) in [5, 5.41) is 10.2. The molecule has 0 bridgehead atoms. The monoisotopic (exact) mass is 488 g/mol. The lowest BCUT2D eigenvalue weighted by molar-refractivity contribution is -0.142. The van der Waals surface area contributed by atoms with Gasteiger partial charge in [-0.05, 0) is 62.2 Å². The molecule has 3 rings (SSSR count). The molecule has 1 aliphatic carbocycles. The van der Waals surface area contributed by atoms with Crippen LogP contribution >= 0.6 is 11.8 Å². The summed E-state index contributed by atoms with van der Waals surface area (Å²) < 4.78 is 4.80. The van der Waals surface area contributed by atoms with Gasteiger partial charge in [-0.3, -0.25) is 0 Å². The molecule has 1 fully saturated rings. The number of carbonyl (C=O) groups excluding carboxylic acids is 2. The van der Waals surface area contributed by atoms with Crippen molar-refractivity contribution in [3.63, 3.8) is 0 Å². The van der Waals surface area contributed by atoms with Gasteiger partial charge in [0, 0.05) is 32.1 Å². The highest BCUT2D eigenvalue weighted by atomic mass is 32.2. The second-order valence-corrected chi connectivity index (χ2v) is 9.84. The molecule has 1 heterocycles. The summed E-state index contributed by atoms with van der Waals surface area (Å²) in [5.74, 6) is 2.32. The van der Waals surface area contributed by atoms with E-state index in [-0.39, 0.29) is 6.03 Å². The Morgan fingerprint density at radius 2 is 1.91 bits per heavy atom. The van der Waals surface area contributed by atoms with E-state index in [4.69, 9.17) is 14.7 Å². The number of para-hydroxylation sites is 1. The fourth-order valence-corrected chi connectivity index (χ4v) is 4.70. The lowest BCUT2D eigenvalue weighted by Gasteiger charge is -2.29. The normalized spacial score (nSPS) is 18.7. The van der Waals surface area contributed by atoms with Gasteiger partial charge in [-0.2, -0.15) is 16.7 Å². The number of urea groups is 1. The number of carbonyl (C=O) groups is 2. The molecule has 9 nitrogen and oxygen atoms in total. The molecule has 0 radical (unpaired) electrons. The van der Waals surface area contributed by atoms with Crippen molar-refractivity contribution in [2.24, 2.45) is 5.92 Å². The fourth-order valence-electron chi connectivity index (χ4n) is 4.23. The molecule has 3 N–H and O–H groups in total. The molecule has 0 saturated heterocycles. The number of esters is 1. The molecule has 1 unspecified atom stereocenters. The van der Waals surface area contributed by atoms with Gasteiger partial charge in [-0.15, -0.1) is 0 Å². The SMILES string of the molecule is COC(=O)C(CCSC)NC(=O)NCC1CCC(Nc2nc(N(C)C)c3ccccc3n2)CC1. The standard InChI is InChI=1S/C24H36N6O3S/c1-30(2)21-18-7-5-6-8-19(18)27-23(29-21)26-17-11-9-16(10-12-17)15-25-24(32)28-20(13-14-34-4)22(31)33-3/h5-8,16-17,20H,9-15H2,1-4H3,(H2,25,28,32)(H,26,27,29). The summed E-state index contributed by atoms with van der Waals surface area (Å²) in [5.41, 5.74) is 0.926. The minimum Gasteiger partial charge on any atom is -0.467 e. The number of amides is 2. The van der Waals surface area contributed by atoms with E-state index < -0.39 is 12.0 Å². The Hall–Kier alpha value is -2.75. The predicted molar refractivity (Wildman–Crippen MR) is 139 cm³/mol. The number of nitrogens with zero attached hydrogens (tertiary/aromatic N) is 3. The number of hydrogen-bond acceptors (Lipinski definition) is 8. The van der Waals surface area contributed by atoms with Crippen LogP contribution in [0.1, 0.15) is 32.1 Å². The van der Waals surface area contributed by atoms with Crippen molar-refractivity contribution >= 4 is 46.4 Å². The molecule has 2 aromatic rings. The van der Waals surface area contributed by atoms with Gasteiger partial charge in [0.15, 0.2) is 0 Å². The molecule has 186 valence electrons. The lowest BCUT2D eigenvalue weighted by Crippen LogP contribution is -2.48. The van der Waals surface area contributed by atoms with Crippen LogP contribution in [0, 0.1) is 5.92 Å². The van der Waals surface area contributed by atoms with E-state index in [0.29, 0.717) is 30.9 Å². The number of anilines is 2. The van der Waals surface area contributed by atoms with Crippen molar-refractivity contribution < 1.29 is 14.3 Å². The number of benzene rings is 1. The Bertz CT molecular complexity index is 965. The number of rotatable bonds is 10. The van der Waals surface area contributed by atoms with Gasteiger partial charge >= 0.3 is 12.0 Å². The third kappa shape index (κ3) is 7.12. The molecular formula is C24H36N6O3S. The van der Waals surface area contributed by atoms with Crippen molar-refractivity contribution in [2.45, 2.75) is 44.2 Å². The highest BCUT2D eigenvalue weighted by molar-refractivity contribution is 7.98.